The summed E-state index contributed by atoms with van der Waals surface area (Å²) in [6.07, 6.45) is 4.12. The molecule has 37 heavy (non-hydrogen) atoms. The molecule has 0 radical (unpaired) electrons. The predicted molar refractivity (Wildman–Crippen MR) is 140 cm³/mol. The fraction of sp³-hybridized carbons (Fsp3) is 0.538. The van der Waals surface area contributed by atoms with Crippen LogP contribution in [0.2, 0.25) is 0 Å². The van der Waals surface area contributed by atoms with Crippen LogP contribution in [-0.2, 0) is 9.53 Å². The van der Waals surface area contributed by atoms with Crippen LogP contribution >= 0.6 is 0 Å². The van der Waals surface area contributed by atoms with Crippen molar-refractivity contribution in [3.05, 3.63) is 29.5 Å². The van der Waals surface area contributed by atoms with Crippen LogP contribution in [-0.4, -0.2) is 65.4 Å². The highest BCUT2D eigenvalue weighted by atomic mass is 16.6. The van der Waals surface area contributed by atoms with Crippen molar-refractivity contribution in [2.24, 2.45) is 4.99 Å². The highest BCUT2D eigenvalue weighted by Crippen LogP contribution is 2.36. The topological polar surface area (TPSA) is 147 Å². The Morgan fingerprint density at radius 3 is 2.76 bits per heavy atom. The van der Waals surface area contributed by atoms with E-state index in [2.05, 4.69) is 25.8 Å². The summed E-state index contributed by atoms with van der Waals surface area (Å²) in [4.78, 5) is 28.8. The van der Waals surface area contributed by atoms with Crippen molar-refractivity contribution in [2.75, 3.05) is 19.0 Å². The summed E-state index contributed by atoms with van der Waals surface area (Å²) in [6, 6.07) is 4.93. The van der Waals surface area contributed by atoms with E-state index in [9.17, 15) is 14.7 Å². The predicted octanol–water partition coefficient (Wildman–Crippen LogP) is 4.13. The second-order valence-corrected chi connectivity index (χ2v) is 9.48. The summed E-state index contributed by atoms with van der Waals surface area (Å²) < 4.78 is 16.4. The molecule has 1 aliphatic carbocycles. The molecule has 1 aromatic carbocycles. The first-order valence-corrected chi connectivity index (χ1v) is 12.6. The van der Waals surface area contributed by atoms with Crippen LogP contribution in [0.1, 0.15) is 70.6 Å². The van der Waals surface area contributed by atoms with Crippen molar-refractivity contribution in [3.8, 4) is 17.2 Å². The van der Waals surface area contributed by atoms with E-state index >= 15 is 0 Å². The van der Waals surface area contributed by atoms with Gasteiger partial charge < -0.3 is 30.0 Å². The molecule has 1 unspecified atom stereocenters. The minimum Gasteiger partial charge on any atom is -0.507 e. The van der Waals surface area contributed by atoms with Gasteiger partial charge in [0, 0.05) is 48.1 Å². The van der Waals surface area contributed by atoms with Gasteiger partial charge in [-0.2, -0.15) is 5.10 Å². The maximum atomic E-state index is 12.6. The summed E-state index contributed by atoms with van der Waals surface area (Å²) in [7, 11) is 1.48. The molecule has 1 heterocycles. The number of phenolic OH excluding ortho intramolecular Hbond substituents is 1. The Labute approximate surface area is 217 Å². The van der Waals surface area contributed by atoms with Gasteiger partial charge in [0.05, 0.1) is 12.7 Å². The quantitative estimate of drug-likeness (QED) is 0.329. The number of amides is 2. The highest BCUT2D eigenvalue weighted by molar-refractivity contribution is 5.92. The van der Waals surface area contributed by atoms with E-state index in [4.69, 9.17) is 14.2 Å². The van der Waals surface area contributed by atoms with E-state index in [1.807, 2.05) is 27.7 Å². The van der Waals surface area contributed by atoms with Gasteiger partial charge in [0.15, 0.2) is 12.4 Å². The van der Waals surface area contributed by atoms with Crippen LogP contribution in [0, 0.1) is 0 Å². The number of anilines is 1. The molecule has 1 saturated carbocycles. The minimum atomic E-state index is -0.414. The van der Waals surface area contributed by atoms with Crippen LogP contribution in [0.15, 0.2) is 23.2 Å². The maximum absolute atomic E-state index is 12.6. The van der Waals surface area contributed by atoms with Crippen molar-refractivity contribution in [1.29, 1.82) is 0 Å². The number of methoxy groups -OCH3 is 1. The molecule has 0 aliphatic heterocycles. The van der Waals surface area contributed by atoms with E-state index in [-0.39, 0.29) is 42.2 Å². The smallest absolute Gasteiger partial charge is 0.407 e. The zero-order chi connectivity index (χ0) is 26.9. The van der Waals surface area contributed by atoms with E-state index in [1.165, 1.54) is 13.2 Å². The van der Waals surface area contributed by atoms with Crippen molar-refractivity contribution >= 4 is 24.0 Å². The molecule has 4 N–H and O–H groups in total. The fourth-order valence-electron chi connectivity index (χ4n) is 3.94. The van der Waals surface area contributed by atoms with Gasteiger partial charge in [0.1, 0.15) is 23.4 Å². The number of benzene rings is 1. The molecule has 1 aromatic heterocycles. The molecular formula is C26H37N5O6. The number of carbonyl (C=O) groups is 2. The Balaban J connectivity index is 1.56. The van der Waals surface area contributed by atoms with Gasteiger partial charge in [-0.3, -0.25) is 14.9 Å². The average Bonchev–Trinajstić information content (AvgIpc) is 3.50. The molecule has 2 amide bonds. The van der Waals surface area contributed by atoms with Gasteiger partial charge in [-0.05, 0) is 46.5 Å². The summed E-state index contributed by atoms with van der Waals surface area (Å²) in [5.74, 6) is 0.727. The number of aromatic amines is 1. The van der Waals surface area contributed by atoms with Crippen molar-refractivity contribution in [1.82, 2.24) is 15.5 Å². The minimum absolute atomic E-state index is 0.0199. The van der Waals surface area contributed by atoms with Crippen LogP contribution in [0.4, 0.5) is 10.6 Å². The van der Waals surface area contributed by atoms with Crippen molar-refractivity contribution in [3.63, 3.8) is 0 Å². The second-order valence-electron chi connectivity index (χ2n) is 9.48. The summed E-state index contributed by atoms with van der Waals surface area (Å²) in [6.45, 7) is 7.44. The highest BCUT2D eigenvalue weighted by Gasteiger charge is 2.30. The standard InChI is InChI=1S/C26H37N5O6/c1-6-16(4)27-13-20-22(32)10-19(35-5)11-23(20)36-14-25(33)29-24-12-21(30-31-24)17-7-8-18(9-17)37-26(34)28-15(2)3/h10-13,15-18,32H,6-9,14H2,1-5H3,(H,28,34)(H2,29,30,31,33)/t16-,17?,18-/m1/s1. The molecule has 2 aromatic rings. The van der Waals surface area contributed by atoms with Gasteiger partial charge in [-0.1, -0.05) is 6.92 Å². The lowest BCUT2D eigenvalue weighted by Gasteiger charge is -2.14. The number of rotatable bonds is 11. The van der Waals surface area contributed by atoms with Gasteiger partial charge in [0.25, 0.3) is 5.91 Å². The van der Waals surface area contributed by atoms with Gasteiger partial charge in [-0.15, -0.1) is 0 Å². The Hall–Kier alpha value is -3.76. The molecule has 3 rings (SSSR count). The van der Waals surface area contributed by atoms with Gasteiger partial charge in [-0.25, -0.2) is 4.79 Å². The number of nitrogens with zero attached hydrogens (tertiary/aromatic N) is 2. The Morgan fingerprint density at radius 1 is 1.27 bits per heavy atom. The summed E-state index contributed by atoms with van der Waals surface area (Å²) in [5, 5.41) is 23.0. The number of ether oxygens (including phenoxy) is 3. The Bertz CT molecular complexity index is 1100. The van der Waals surface area contributed by atoms with Crippen molar-refractivity contribution < 1.29 is 28.9 Å². The number of nitrogens with one attached hydrogen (secondary N) is 3. The normalized spacial score (nSPS) is 18.1. The molecule has 1 aliphatic rings. The van der Waals surface area contributed by atoms with Crippen LogP contribution < -0.4 is 20.1 Å². The van der Waals surface area contributed by atoms with E-state index < -0.39 is 12.0 Å². The van der Waals surface area contributed by atoms with Crippen molar-refractivity contribution in [2.45, 2.75) is 77.5 Å². The molecule has 0 spiro atoms. The number of aliphatic imine (C=N–C) groups is 1. The van der Waals surface area contributed by atoms with E-state index in [0.29, 0.717) is 23.6 Å². The zero-order valence-electron chi connectivity index (χ0n) is 22.0. The zero-order valence-corrected chi connectivity index (χ0v) is 22.0. The fourth-order valence-corrected chi connectivity index (χ4v) is 3.94. The lowest BCUT2D eigenvalue weighted by atomic mass is 10.0. The maximum Gasteiger partial charge on any atom is 0.407 e. The first-order valence-electron chi connectivity index (χ1n) is 12.6. The number of alkyl carbamates (subject to hydrolysis) is 1. The van der Waals surface area contributed by atoms with Gasteiger partial charge in [0.2, 0.25) is 0 Å². The number of aromatic hydroxyl groups is 1. The number of aromatic nitrogens is 2. The Morgan fingerprint density at radius 2 is 2.05 bits per heavy atom. The largest absolute Gasteiger partial charge is 0.507 e. The number of hydrogen-bond donors (Lipinski definition) is 4. The number of carbonyl (C=O) groups excluding carboxylic acids is 2. The molecule has 11 nitrogen and oxygen atoms in total. The third-order valence-electron chi connectivity index (χ3n) is 6.11. The molecule has 202 valence electrons. The second kappa shape index (κ2) is 13.0. The monoisotopic (exact) mass is 515 g/mol. The molecule has 1 fully saturated rings. The number of phenols is 1. The molecular weight excluding hydrogens is 478 g/mol. The molecule has 0 bridgehead atoms. The molecule has 11 heteroatoms. The SMILES string of the molecule is CC[C@@H](C)N=Cc1c(O)cc(OC)cc1OCC(=O)Nc1cc(C2CC[C@@H](OC(=O)NC(C)C)C2)[nH]n1. The lowest BCUT2D eigenvalue weighted by Crippen LogP contribution is -2.33. The van der Waals surface area contributed by atoms with Crippen LogP contribution in [0.5, 0.6) is 17.2 Å². The molecule has 0 saturated heterocycles. The van der Waals surface area contributed by atoms with Crippen LogP contribution in [0.3, 0.4) is 0 Å². The first kappa shape index (κ1) is 27.8. The van der Waals surface area contributed by atoms with Crippen LogP contribution in [0.25, 0.3) is 0 Å². The average molecular weight is 516 g/mol. The van der Waals surface area contributed by atoms with E-state index in [1.54, 1.807) is 18.3 Å². The summed E-state index contributed by atoms with van der Waals surface area (Å²) >= 11 is 0. The first-order chi connectivity index (χ1) is 17.7. The Kier molecular flexibility index (Phi) is 9.76. The third-order valence-corrected chi connectivity index (χ3v) is 6.11. The van der Waals surface area contributed by atoms with E-state index in [0.717, 1.165) is 25.0 Å². The third kappa shape index (κ3) is 8.12. The number of H-pyrrole nitrogens is 1. The summed E-state index contributed by atoms with van der Waals surface area (Å²) in [5.41, 5.74) is 1.24. The molecule has 3 atom stereocenters. The van der Waals surface area contributed by atoms with Gasteiger partial charge >= 0.3 is 6.09 Å². The lowest BCUT2D eigenvalue weighted by molar-refractivity contribution is -0.118. The number of hydrogen-bond acceptors (Lipinski definition) is 8.